The van der Waals surface area contributed by atoms with E-state index in [1.807, 2.05) is 50.2 Å². The van der Waals surface area contributed by atoms with Gasteiger partial charge in [-0.05, 0) is 43.2 Å². The molecule has 0 aromatic heterocycles. The number of rotatable bonds is 5. The first-order valence-electron chi connectivity index (χ1n) is 6.62. The number of hydrogen-bond acceptors (Lipinski definition) is 3. The summed E-state index contributed by atoms with van der Waals surface area (Å²) in [6, 6.07) is 13.3. The fraction of sp³-hybridized carbons (Fsp3) is 0.294. The minimum absolute atomic E-state index is 0.232. The van der Waals surface area contributed by atoms with Gasteiger partial charge in [0, 0.05) is 0 Å². The van der Waals surface area contributed by atoms with Gasteiger partial charge in [-0.1, -0.05) is 29.8 Å². The Morgan fingerprint density at radius 3 is 2.35 bits per heavy atom. The Labute approximate surface area is 119 Å². The number of benzene rings is 2. The van der Waals surface area contributed by atoms with E-state index in [4.69, 9.17) is 9.47 Å². The van der Waals surface area contributed by atoms with Gasteiger partial charge in [0.1, 0.15) is 24.2 Å². The van der Waals surface area contributed by atoms with Gasteiger partial charge in [-0.2, -0.15) is 0 Å². The molecule has 106 valence electrons. The van der Waals surface area contributed by atoms with Crippen LogP contribution in [-0.4, -0.2) is 18.8 Å². The number of ether oxygens (including phenoxy) is 2. The predicted molar refractivity (Wildman–Crippen MR) is 79.4 cm³/mol. The molecule has 1 unspecified atom stereocenters. The summed E-state index contributed by atoms with van der Waals surface area (Å²) in [5.41, 5.74) is 3.09. The first-order valence-corrected chi connectivity index (χ1v) is 6.62. The van der Waals surface area contributed by atoms with Crippen LogP contribution in [0.1, 0.15) is 22.8 Å². The molecule has 0 heterocycles. The molecule has 0 aliphatic carbocycles. The molecular formula is C17H20O3. The van der Waals surface area contributed by atoms with Crippen molar-refractivity contribution in [2.24, 2.45) is 0 Å². The highest BCUT2D eigenvalue weighted by Crippen LogP contribution is 2.22. The summed E-state index contributed by atoms with van der Waals surface area (Å²) < 4.78 is 10.8. The van der Waals surface area contributed by atoms with Crippen LogP contribution in [0.15, 0.2) is 42.5 Å². The molecule has 1 atom stereocenters. The van der Waals surface area contributed by atoms with Crippen molar-refractivity contribution in [3.63, 3.8) is 0 Å². The second kappa shape index (κ2) is 6.44. The second-order valence-electron chi connectivity index (χ2n) is 4.87. The Balaban J connectivity index is 1.98. The van der Waals surface area contributed by atoms with Crippen LogP contribution >= 0.6 is 0 Å². The van der Waals surface area contributed by atoms with Gasteiger partial charge < -0.3 is 14.6 Å². The number of aryl methyl sites for hydroxylation is 2. The predicted octanol–water partition coefficient (Wildman–Crippen LogP) is 3.42. The van der Waals surface area contributed by atoms with Crippen molar-refractivity contribution in [2.75, 3.05) is 13.7 Å². The maximum Gasteiger partial charge on any atom is 0.122 e. The van der Waals surface area contributed by atoms with E-state index in [2.05, 4.69) is 6.07 Å². The topological polar surface area (TPSA) is 38.7 Å². The minimum Gasteiger partial charge on any atom is -0.497 e. The first-order chi connectivity index (χ1) is 9.60. The summed E-state index contributed by atoms with van der Waals surface area (Å²) in [5, 5.41) is 10.1. The fourth-order valence-corrected chi connectivity index (χ4v) is 2.05. The van der Waals surface area contributed by atoms with E-state index in [-0.39, 0.29) is 6.61 Å². The van der Waals surface area contributed by atoms with E-state index < -0.39 is 6.10 Å². The van der Waals surface area contributed by atoms with Gasteiger partial charge in [0.05, 0.1) is 7.11 Å². The van der Waals surface area contributed by atoms with Crippen LogP contribution in [0.4, 0.5) is 0 Å². The minimum atomic E-state index is -0.651. The molecule has 3 heteroatoms. The lowest BCUT2D eigenvalue weighted by Gasteiger charge is -2.14. The fourth-order valence-electron chi connectivity index (χ4n) is 2.05. The van der Waals surface area contributed by atoms with E-state index in [1.165, 1.54) is 5.56 Å². The van der Waals surface area contributed by atoms with E-state index in [9.17, 15) is 5.11 Å². The van der Waals surface area contributed by atoms with Crippen LogP contribution in [0.2, 0.25) is 0 Å². The van der Waals surface area contributed by atoms with E-state index >= 15 is 0 Å². The molecule has 0 spiro atoms. The van der Waals surface area contributed by atoms with Crippen LogP contribution in [0.5, 0.6) is 11.5 Å². The maximum atomic E-state index is 10.1. The zero-order valence-corrected chi connectivity index (χ0v) is 12.1. The highest BCUT2D eigenvalue weighted by Gasteiger charge is 2.09. The molecule has 20 heavy (non-hydrogen) atoms. The highest BCUT2D eigenvalue weighted by atomic mass is 16.5. The molecule has 0 aliphatic heterocycles. The molecule has 1 N–H and O–H groups in total. The van der Waals surface area contributed by atoms with Crippen molar-refractivity contribution >= 4 is 0 Å². The Bertz CT molecular complexity index is 561. The van der Waals surface area contributed by atoms with Crippen molar-refractivity contribution in [3.8, 4) is 11.5 Å². The normalized spacial score (nSPS) is 12.0. The van der Waals surface area contributed by atoms with Crippen molar-refractivity contribution in [3.05, 3.63) is 59.2 Å². The van der Waals surface area contributed by atoms with Gasteiger partial charge in [-0.25, -0.2) is 0 Å². The molecule has 3 nitrogen and oxygen atoms in total. The van der Waals surface area contributed by atoms with Crippen LogP contribution in [0.3, 0.4) is 0 Å². The molecule has 2 aromatic carbocycles. The maximum absolute atomic E-state index is 10.1. The Morgan fingerprint density at radius 2 is 1.75 bits per heavy atom. The summed E-state index contributed by atoms with van der Waals surface area (Å²) in [4.78, 5) is 0. The second-order valence-corrected chi connectivity index (χ2v) is 4.87. The van der Waals surface area contributed by atoms with Crippen molar-refractivity contribution in [1.82, 2.24) is 0 Å². The Kier molecular flexibility index (Phi) is 4.64. The SMILES string of the molecule is COc1ccc(C(O)COc2ccc(C)cc2C)cc1. The summed E-state index contributed by atoms with van der Waals surface area (Å²) >= 11 is 0. The lowest BCUT2D eigenvalue weighted by atomic mass is 10.1. The quantitative estimate of drug-likeness (QED) is 0.906. The Morgan fingerprint density at radius 1 is 1.05 bits per heavy atom. The molecule has 2 rings (SSSR count). The van der Waals surface area contributed by atoms with Gasteiger partial charge in [-0.3, -0.25) is 0 Å². The van der Waals surface area contributed by atoms with Crippen LogP contribution in [-0.2, 0) is 0 Å². The molecule has 0 saturated heterocycles. The smallest absolute Gasteiger partial charge is 0.122 e. The van der Waals surface area contributed by atoms with Crippen LogP contribution in [0.25, 0.3) is 0 Å². The van der Waals surface area contributed by atoms with Gasteiger partial charge in [0.25, 0.3) is 0 Å². The summed E-state index contributed by atoms with van der Waals surface area (Å²) in [6.45, 7) is 4.28. The molecule has 0 saturated carbocycles. The monoisotopic (exact) mass is 272 g/mol. The third kappa shape index (κ3) is 3.52. The number of methoxy groups -OCH3 is 1. The molecule has 0 fully saturated rings. The molecular weight excluding hydrogens is 252 g/mol. The van der Waals surface area contributed by atoms with Gasteiger partial charge >= 0.3 is 0 Å². The van der Waals surface area contributed by atoms with E-state index in [0.29, 0.717) is 0 Å². The van der Waals surface area contributed by atoms with Crippen molar-refractivity contribution in [1.29, 1.82) is 0 Å². The lowest BCUT2D eigenvalue weighted by Crippen LogP contribution is -2.10. The average molecular weight is 272 g/mol. The molecule has 0 amide bonds. The van der Waals surface area contributed by atoms with Crippen LogP contribution < -0.4 is 9.47 Å². The van der Waals surface area contributed by atoms with Crippen molar-refractivity contribution in [2.45, 2.75) is 20.0 Å². The number of aliphatic hydroxyl groups excluding tert-OH is 1. The average Bonchev–Trinajstić information content (AvgIpc) is 2.46. The third-order valence-corrected chi connectivity index (χ3v) is 3.23. The van der Waals surface area contributed by atoms with Crippen molar-refractivity contribution < 1.29 is 14.6 Å². The standard InChI is InChI=1S/C17H20O3/c1-12-4-9-17(13(2)10-12)20-11-16(18)14-5-7-15(19-3)8-6-14/h4-10,16,18H,11H2,1-3H3. The zero-order chi connectivity index (χ0) is 14.5. The van der Waals surface area contributed by atoms with Gasteiger partial charge in [0.2, 0.25) is 0 Å². The van der Waals surface area contributed by atoms with Gasteiger partial charge in [0.15, 0.2) is 0 Å². The van der Waals surface area contributed by atoms with E-state index in [1.54, 1.807) is 7.11 Å². The van der Waals surface area contributed by atoms with E-state index in [0.717, 1.165) is 22.6 Å². The Hall–Kier alpha value is -2.00. The first kappa shape index (κ1) is 14.4. The third-order valence-electron chi connectivity index (χ3n) is 3.23. The summed E-state index contributed by atoms with van der Waals surface area (Å²) in [6.07, 6.45) is -0.651. The number of aliphatic hydroxyl groups is 1. The number of hydrogen-bond donors (Lipinski definition) is 1. The molecule has 0 radical (unpaired) electrons. The summed E-state index contributed by atoms with van der Waals surface area (Å²) in [7, 11) is 1.62. The van der Waals surface area contributed by atoms with Gasteiger partial charge in [-0.15, -0.1) is 0 Å². The lowest BCUT2D eigenvalue weighted by molar-refractivity contribution is 0.108. The highest BCUT2D eigenvalue weighted by molar-refractivity contribution is 5.36. The van der Waals surface area contributed by atoms with Crippen LogP contribution in [0, 0.1) is 13.8 Å². The molecule has 2 aromatic rings. The largest absolute Gasteiger partial charge is 0.497 e. The zero-order valence-electron chi connectivity index (χ0n) is 12.1. The molecule has 0 aliphatic rings. The molecule has 0 bridgehead atoms. The summed E-state index contributed by atoms with van der Waals surface area (Å²) in [5.74, 6) is 1.58.